The van der Waals surface area contributed by atoms with Crippen LogP contribution in [0.4, 0.5) is 0 Å². The predicted molar refractivity (Wildman–Crippen MR) is 93.5 cm³/mol. The molecule has 1 heterocycles. The maximum Gasteiger partial charge on any atom is 0.203 e. The number of fused-ring (bicyclic) bond motifs is 1. The summed E-state index contributed by atoms with van der Waals surface area (Å²) in [6.07, 6.45) is 6.16. The normalized spacial score (nSPS) is 13.8. The summed E-state index contributed by atoms with van der Waals surface area (Å²) in [6.45, 7) is 1.75. The largest absolute Gasteiger partial charge is 0.493 e. The summed E-state index contributed by atoms with van der Waals surface area (Å²) in [7, 11) is 1.63. The predicted octanol–water partition coefficient (Wildman–Crippen LogP) is 3.32. The molecular formula is C20H21NO3. The highest BCUT2D eigenvalue weighted by Gasteiger charge is 2.19. The first-order chi connectivity index (χ1) is 11.8. The van der Waals surface area contributed by atoms with Crippen molar-refractivity contribution in [1.82, 2.24) is 5.32 Å². The Hall–Kier alpha value is -2.64. The lowest BCUT2D eigenvalue weighted by Gasteiger charge is -2.22. The molecule has 0 spiro atoms. The molecule has 2 aromatic rings. The molecular weight excluding hydrogens is 302 g/mol. The topological polar surface area (TPSA) is 39.7 Å². The molecule has 124 valence electrons. The van der Waals surface area contributed by atoms with Gasteiger partial charge in [0.15, 0.2) is 11.5 Å². The van der Waals surface area contributed by atoms with E-state index in [0.29, 0.717) is 37.7 Å². The van der Waals surface area contributed by atoms with Gasteiger partial charge in [-0.05, 0) is 23.3 Å². The Morgan fingerprint density at radius 2 is 2.00 bits per heavy atom. The van der Waals surface area contributed by atoms with E-state index in [1.54, 1.807) is 7.11 Å². The zero-order chi connectivity index (χ0) is 16.8. The minimum atomic E-state index is 0.107. The smallest absolute Gasteiger partial charge is 0.203 e. The number of methoxy groups -OCH3 is 1. The van der Waals surface area contributed by atoms with Crippen molar-refractivity contribution in [2.45, 2.75) is 19.0 Å². The van der Waals surface area contributed by atoms with Crippen molar-refractivity contribution in [3.8, 4) is 29.6 Å². The van der Waals surface area contributed by atoms with Gasteiger partial charge in [0.1, 0.15) is 13.2 Å². The van der Waals surface area contributed by atoms with Crippen molar-refractivity contribution in [1.29, 1.82) is 0 Å². The molecule has 0 amide bonds. The summed E-state index contributed by atoms with van der Waals surface area (Å²) in [4.78, 5) is 0. The van der Waals surface area contributed by atoms with Gasteiger partial charge in [-0.15, -0.1) is 12.3 Å². The van der Waals surface area contributed by atoms with Crippen LogP contribution in [0.3, 0.4) is 0 Å². The first kappa shape index (κ1) is 16.2. The van der Waals surface area contributed by atoms with Crippen molar-refractivity contribution >= 4 is 0 Å². The number of terminal acetylenes is 1. The van der Waals surface area contributed by atoms with E-state index in [4.69, 9.17) is 20.6 Å². The molecule has 3 rings (SSSR count). The number of rotatable bonds is 6. The second-order valence-corrected chi connectivity index (χ2v) is 5.57. The first-order valence-corrected chi connectivity index (χ1v) is 8.00. The number of nitrogens with one attached hydrogen (secondary N) is 1. The third kappa shape index (κ3) is 3.64. The van der Waals surface area contributed by atoms with Gasteiger partial charge < -0.3 is 19.5 Å². The summed E-state index contributed by atoms with van der Waals surface area (Å²) in [5.41, 5.74) is 2.24. The molecule has 24 heavy (non-hydrogen) atoms. The summed E-state index contributed by atoms with van der Waals surface area (Å²) in [5.74, 6) is 4.84. The Kier molecular flexibility index (Phi) is 5.25. The van der Waals surface area contributed by atoms with Crippen LogP contribution in [0.25, 0.3) is 0 Å². The van der Waals surface area contributed by atoms with Gasteiger partial charge in [-0.3, -0.25) is 0 Å². The average Bonchev–Trinajstić information content (AvgIpc) is 2.65. The van der Waals surface area contributed by atoms with Crippen LogP contribution in [0.5, 0.6) is 17.2 Å². The molecule has 1 aliphatic heterocycles. The van der Waals surface area contributed by atoms with Crippen LogP contribution in [0.2, 0.25) is 0 Å². The quantitative estimate of drug-likeness (QED) is 0.828. The van der Waals surface area contributed by atoms with Crippen LogP contribution in [0, 0.1) is 12.3 Å². The lowest BCUT2D eigenvalue weighted by atomic mass is 10.0. The lowest BCUT2D eigenvalue weighted by Crippen LogP contribution is -2.21. The Morgan fingerprint density at radius 1 is 1.21 bits per heavy atom. The van der Waals surface area contributed by atoms with Gasteiger partial charge in [0.25, 0.3) is 0 Å². The minimum Gasteiger partial charge on any atom is -0.493 e. The SMILES string of the molecule is C#CC[C@@H](NCc1cc(OC)c2c(c1)OCCO2)c1ccccc1. The molecule has 0 saturated heterocycles. The van der Waals surface area contributed by atoms with E-state index < -0.39 is 0 Å². The zero-order valence-corrected chi connectivity index (χ0v) is 13.7. The molecule has 4 nitrogen and oxygen atoms in total. The van der Waals surface area contributed by atoms with E-state index in [9.17, 15) is 0 Å². The number of hydrogen-bond donors (Lipinski definition) is 1. The molecule has 0 unspecified atom stereocenters. The van der Waals surface area contributed by atoms with Crippen LogP contribution < -0.4 is 19.5 Å². The van der Waals surface area contributed by atoms with Crippen LogP contribution in [0.15, 0.2) is 42.5 Å². The highest BCUT2D eigenvalue weighted by Crippen LogP contribution is 2.40. The third-order valence-electron chi connectivity index (χ3n) is 3.96. The highest BCUT2D eigenvalue weighted by molar-refractivity contribution is 5.54. The van der Waals surface area contributed by atoms with Gasteiger partial charge in [0, 0.05) is 19.0 Å². The Labute approximate surface area is 142 Å². The highest BCUT2D eigenvalue weighted by atomic mass is 16.6. The molecule has 0 radical (unpaired) electrons. The maximum atomic E-state index is 5.68. The van der Waals surface area contributed by atoms with Gasteiger partial charge in [-0.2, -0.15) is 0 Å². The number of ether oxygens (including phenoxy) is 3. The fraction of sp³-hybridized carbons (Fsp3) is 0.300. The molecule has 0 aromatic heterocycles. The van der Waals surface area contributed by atoms with E-state index in [1.165, 1.54) is 5.56 Å². The van der Waals surface area contributed by atoms with Crippen LogP contribution >= 0.6 is 0 Å². The van der Waals surface area contributed by atoms with Gasteiger partial charge in [0.05, 0.1) is 7.11 Å². The minimum absolute atomic E-state index is 0.107. The van der Waals surface area contributed by atoms with E-state index in [2.05, 4.69) is 23.4 Å². The van der Waals surface area contributed by atoms with Crippen molar-refractivity contribution in [2.75, 3.05) is 20.3 Å². The molecule has 0 aliphatic carbocycles. The molecule has 0 fully saturated rings. The van der Waals surface area contributed by atoms with Gasteiger partial charge in [0.2, 0.25) is 5.75 Å². The van der Waals surface area contributed by atoms with Gasteiger partial charge >= 0.3 is 0 Å². The van der Waals surface area contributed by atoms with E-state index in [1.807, 2.05) is 30.3 Å². The fourth-order valence-electron chi connectivity index (χ4n) is 2.78. The second-order valence-electron chi connectivity index (χ2n) is 5.57. The van der Waals surface area contributed by atoms with Crippen molar-refractivity contribution < 1.29 is 14.2 Å². The summed E-state index contributed by atoms with van der Waals surface area (Å²) >= 11 is 0. The Morgan fingerprint density at radius 3 is 2.75 bits per heavy atom. The fourth-order valence-corrected chi connectivity index (χ4v) is 2.78. The molecule has 2 aromatic carbocycles. The van der Waals surface area contributed by atoms with Crippen LogP contribution in [0.1, 0.15) is 23.6 Å². The molecule has 0 saturated carbocycles. The average molecular weight is 323 g/mol. The molecule has 4 heteroatoms. The van der Waals surface area contributed by atoms with E-state index in [0.717, 1.165) is 11.3 Å². The maximum absolute atomic E-state index is 5.68. The van der Waals surface area contributed by atoms with E-state index >= 15 is 0 Å². The van der Waals surface area contributed by atoms with Gasteiger partial charge in [-0.1, -0.05) is 30.3 Å². The third-order valence-corrected chi connectivity index (χ3v) is 3.96. The second kappa shape index (κ2) is 7.76. The van der Waals surface area contributed by atoms with Crippen molar-refractivity contribution in [3.05, 3.63) is 53.6 Å². The Bertz CT molecular complexity index is 704. The number of hydrogen-bond acceptors (Lipinski definition) is 4. The first-order valence-electron chi connectivity index (χ1n) is 8.00. The van der Waals surface area contributed by atoms with E-state index in [-0.39, 0.29) is 6.04 Å². The summed E-state index contributed by atoms with van der Waals surface area (Å²) in [6, 6.07) is 14.3. The molecule has 1 aliphatic rings. The number of benzene rings is 2. The monoisotopic (exact) mass is 323 g/mol. The summed E-state index contributed by atoms with van der Waals surface area (Å²) < 4.78 is 16.7. The van der Waals surface area contributed by atoms with Crippen molar-refractivity contribution in [3.63, 3.8) is 0 Å². The molecule has 1 atom stereocenters. The molecule has 1 N–H and O–H groups in total. The zero-order valence-electron chi connectivity index (χ0n) is 13.7. The Balaban J connectivity index is 1.76. The van der Waals surface area contributed by atoms with Gasteiger partial charge in [-0.25, -0.2) is 0 Å². The van der Waals surface area contributed by atoms with Crippen LogP contribution in [-0.4, -0.2) is 20.3 Å². The standard InChI is InChI=1S/C20H21NO3/c1-3-7-17(16-8-5-4-6-9-16)21-14-15-12-18(22-2)20-19(13-15)23-10-11-24-20/h1,4-6,8-9,12-13,17,21H,7,10-11,14H2,2H3/t17-/m1/s1. The lowest BCUT2D eigenvalue weighted by molar-refractivity contribution is 0.165. The van der Waals surface area contributed by atoms with Crippen LogP contribution in [-0.2, 0) is 6.54 Å². The summed E-state index contributed by atoms with van der Waals surface area (Å²) in [5, 5.41) is 3.52. The van der Waals surface area contributed by atoms with Crippen molar-refractivity contribution in [2.24, 2.45) is 0 Å². The molecule has 0 bridgehead atoms.